The SMILES string of the molecule is N=C1/C(=C/c2ccccc2)CCc2nc(-c3ccccc3)ncc21. The third-order valence-corrected chi connectivity index (χ3v) is 4.26. The van der Waals surface area contributed by atoms with E-state index in [0.29, 0.717) is 5.71 Å². The van der Waals surface area contributed by atoms with Gasteiger partial charge in [0, 0.05) is 17.3 Å². The molecule has 0 amide bonds. The summed E-state index contributed by atoms with van der Waals surface area (Å²) >= 11 is 0. The molecule has 0 unspecified atom stereocenters. The third-order valence-electron chi connectivity index (χ3n) is 4.26. The quantitative estimate of drug-likeness (QED) is 0.755. The Morgan fingerprint density at radius 3 is 2.33 bits per heavy atom. The Morgan fingerprint density at radius 2 is 1.58 bits per heavy atom. The minimum absolute atomic E-state index is 0.541. The average Bonchev–Trinajstić information content (AvgIpc) is 2.65. The van der Waals surface area contributed by atoms with Crippen LogP contribution in [0.1, 0.15) is 23.2 Å². The summed E-state index contributed by atoms with van der Waals surface area (Å²) in [4.78, 5) is 9.17. The number of allylic oxidation sites excluding steroid dienone is 1. The van der Waals surface area contributed by atoms with E-state index in [2.05, 4.69) is 23.2 Å². The molecule has 3 heteroatoms. The Labute approximate surface area is 141 Å². The highest BCUT2D eigenvalue weighted by molar-refractivity contribution is 6.14. The van der Waals surface area contributed by atoms with Crippen LogP contribution in [0.2, 0.25) is 0 Å². The van der Waals surface area contributed by atoms with Gasteiger partial charge in [-0.25, -0.2) is 9.97 Å². The second-order valence-corrected chi connectivity index (χ2v) is 5.88. The molecule has 1 N–H and O–H groups in total. The first-order valence-electron chi connectivity index (χ1n) is 8.07. The van der Waals surface area contributed by atoms with Gasteiger partial charge in [-0.1, -0.05) is 60.7 Å². The van der Waals surface area contributed by atoms with Crippen LogP contribution in [-0.4, -0.2) is 15.7 Å². The molecule has 0 fully saturated rings. The van der Waals surface area contributed by atoms with Gasteiger partial charge in [0.2, 0.25) is 0 Å². The molecule has 0 spiro atoms. The molecule has 4 rings (SSSR count). The van der Waals surface area contributed by atoms with Gasteiger partial charge in [-0.15, -0.1) is 0 Å². The zero-order chi connectivity index (χ0) is 16.4. The molecule has 3 nitrogen and oxygen atoms in total. The number of nitrogens with one attached hydrogen (secondary N) is 1. The Balaban J connectivity index is 1.68. The number of aryl methyl sites for hydroxylation is 1. The maximum atomic E-state index is 8.50. The average molecular weight is 311 g/mol. The molecule has 3 aromatic rings. The standard InChI is InChI=1S/C21H17N3/c22-20-17(13-15-7-3-1-4-8-15)11-12-19-18(20)14-23-21(24-19)16-9-5-2-6-10-16/h1-10,13-14,22H,11-12H2/b17-13+,22-20?. The van der Waals surface area contributed by atoms with E-state index in [1.807, 2.05) is 48.5 Å². The van der Waals surface area contributed by atoms with Crippen LogP contribution >= 0.6 is 0 Å². The fourth-order valence-corrected chi connectivity index (χ4v) is 2.99. The molecule has 0 saturated heterocycles. The number of nitrogens with zero attached hydrogens (tertiary/aromatic N) is 2. The summed E-state index contributed by atoms with van der Waals surface area (Å²) < 4.78 is 0. The van der Waals surface area contributed by atoms with E-state index in [1.165, 1.54) is 0 Å². The summed E-state index contributed by atoms with van der Waals surface area (Å²) in [6.45, 7) is 0. The van der Waals surface area contributed by atoms with Crippen molar-refractivity contribution in [2.24, 2.45) is 0 Å². The number of rotatable bonds is 2. The molecule has 0 radical (unpaired) electrons. The number of hydrogen-bond acceptors (Lipinski definition) is 3. The lowest BCUT2D eigenvalue weighted by Gasteiger charge is -2.19. The predicted octanol–water partition coefficient (Wildman–Crippen LogP) is 4.54. The summed E-state index contributed by atoms with van der Waals surface area (Å²) in [5.74, 6) is 0.734. The topological polar surface area (TPSA) is 49.6 Å². The fourth-order valence-electron chi connectivity index (χ4n) is 2.99. The molecule has 24 heavy (non-hydrogen) atoms. The van der Waals surface area contributed by atoms with E-state index in [1.54, 1.807) is 6.20 Å². The van der Waals surface area contributed by atoms with Crippen LogP contribution in [0.5, 0.6) is 0 Å². The van der Waals surface area contributed by atoms with Gasteiger partial charge in [-0.2, -0.15) is 0 Å². The summed E-state index contributed by atoms with van der Waals surface area (Å²) in [6, 6.07) is 20.1. The largest absolute Gasteiger partial charge is 0.300 e. The minimum Gasteiger partial charge on any atom is -0.300 e. The van der Waals surface area contributed by atoms with Crippen LogP contribution in [0.15, 0.2) is 72.4 Å². The molecule has 0 saturated carbocycles. The number of hydrogen-bond donors (Lipinski definition) is 1. The van der Waals surface area contributed by atoms with Crippen LogP contribution in [0, 0.1) is 5.41 Å². The molecule has 1 aliphatic rings. The summed E-state index contributed by atoms with van der Waals surface area (Å²) in [6.07, 6.45) is 5.58. The molecule has 2 aromatic carbocycles. The molecule has 1 aromatic heterocycles. The van der Waals surface area contributed by atoms with Gasteiger partial charge in [0.1, 0.15) is 0 Å². The van der Waals surface area contributed by atoms with Crippen molar-refractivity contribution in [1.82, 2.24) is 9.97 Å². The molecular weight excluding hydrogens is 294 g/mol. The Hall–Kier alpha value is -3.07. The number of aromatic nitrogens is 2. The van der Waals surface area contributed by atoms with Crippen molar-refractivity contribution in [1.29, 1.82) is 5.41 Å². The number of benzene rings is 2. The van der Waals surface area contributed by atoms with Crippen LogP contribution in [0.3, 0.4) is 0 Å². The number of fused-ring (bicyclic) bond motifs is 1. The molecule has 0 aliphatic heterocycles. The molecular formula is C21H17N3. The van der Waals surface area contributed by atoms with Gasteiger partial charge in [-0.05, 0) is 30.1 Å². The monoisotopic (exact) mass is 311 g/mol. The lowest BCUT2D eigenvalue weighted by atomic mass is 9.89. The van der Waals surface area contributed by atoms with Crippen LogP contribution < -0.4 is 0 Å². The van der Waals surface area contributed by atoms with Crippen molar-refractivity contribution in [2.75, 3.05) is 0 Å². The van der Waals surface area contributed by atoms with E-state index in [9.17, 15) is 0 Å². The zero-order valence-electron chi connectivity index (χ0n) is 13.2. The van der Waals surface area contributed by atoms with E-state index in [-0.39, 0.29) is 0 Å². The van der Waals surface area contributed by atoms with Crippen molar-refractivity contribution in [2.45, 2.75) is 12.8 Å². The van der Waals surface area contributed by atoms with E-state index in [0.717, 1.165) is 46.6 Å². The van der Waals surface area contributed by atoms with Crippen molar-refractivity contribution in [3.8, 4) is 11.4 Å². The fraction of sp³-hybridized carbons (Fsp3) is 0.0952. The minimum atomic E-state index is 0.541. The highest BCUT2D eigenvalue weighted by Crippen LogP contribution is 2.26. The van der Waals surface area contributed by atoms with Gasteiger partial charge in [0.15, 0.2) is 5.82 Å². The lowest BCUT2D eigenvalue weighted by molar-refractivity contribution is 0.889. The van der Waals surface area contributed by atoms with E-state index >= 15 is 0 Å². The predicted molar refractivity (Wildman–Crippen MR) is 97.0 cm³/mol. The molecule has 0 atom stereocenters. The highest BCUT2D eigenvalue weighted by atomic mass is 14.9. The third kappa shape index (κ3) is 2.76. The van der Waals surface area contributed by atoms with Gasteiger partial charge >= 0.3 is 0 Å². The first-order valence-corrected chi connectivity index (χ1v) is 8.07. The van der Waals surface area contributed by atoms with Crippen LogP contribution in [0.4, 0.5) is 0 Å². The maximum absolute atomic E-state index is 8.50. The first-order chi connectivity index (χ1) is 11.8. The normalized spacial score (nSPS) is 15.3. The zero-order valence-corrected chi connectivity index (χ0v) is 13.2. The Kier molecular flexibility index (Phi) is 3.75. The molecule has 116 valence electrons. The van der Waals surface area contributed by atoms with E-state index in [4.69, 9.17) is 10.4 Å². The Bertz CT molecular complexity index is 912. The van der Waals surface area contributed by atoms with Gasteiger partial charge < -0.3 is 0 Å². The van der Waals surface area contributed by atoms with E-state index < -0.39 is 0 Å². The second-order valence-electron chi connectivity index (χ2n) is 5.88. The van der Waals surface area contributed by atoms with Gasteiger partial charge in [-0.3, -0.25) is 5.41 Å². The Morgan fingerprint density at radius 1 is 0.875 bits per heavy atom. The van der Waals surface area contributed by atoms with Crippen molar-refractivity contribution in [3.05, 3.63) is 89.3 Å². The van der Waals surface area contributed by atoms with Crippen molar-refractivity contribution >= 4 is 11.8 Å². The smallest absolute Gasteiger partial charge is 0.159 e. The second kappa shape index (κ2) is 6.20. The van der Waals surface area contributed by atoms with Crippen molar-refractivity contribution < 1.29 is 0 Å². The molecule has 1 aliphatic carbocycles. The van der Waals surface area contributed by atoms with Crippen LogP contribution in [-0.2, 0) is 6.42 Å². The summed E-state index contributed by atoms with van der Waals surface area (Å²) in [5.41, 5.74) is 5.55. The first kappa shape index (κ1) is 14.5. The van der Waals surface area contributed by atoms with Gasteiger partial charge in [0.25, 0.3) is 0 Å². The highest BCUT2D eigenvalue weighted by Gasteiger charge is 2.21. The summed E-state index contributed by atoms with van der Waals surface area (Å²) in [5, 5.41) is 8.50. The summed E-state index contributed by atoms with van der Waals surface area (Å²) in [7, 11) is 0. The molecule has 0 bridgehead atoms. The van der Waals surface area contributed by atoms with Crippen molar-refractivity contribution in [3.63, 3.8) is 0 Å². The maximum Gasteiger partial charge on any atom is 0.159 e. The molecule has 1 heterocycles. The van der Waals surface area contributed by atoms with Gasteiger partial charge in [0.05, 0.1) is 11.4 Å². The van der Waals surface area contributed by atoms with Crippen LogP contribution in [0.25, 0.3) is 17.5 Å². The lowest BCUT2D eigenvalue weighted by Crippen LogP contribution is -2.16.